The van der Waals surface area contributed by atoms with Gasteiger partial charge in [0.15, 0.2) is 0 Å². The molecule has 0 aliphatic heterocycles. The van der Waals surface area contributed by atoms with E-state index in [9.17, 15) is 9.90 Å². The Hall–Kier alpha value is -1.13. The molecule has 3 rings (SSSR count). The highest BCUT2D eigenvalue weighted by atomic mass is 32.1. The summed E-state index contributed by atoms with van der Waals surface area (Å²) in [4.78, 5) is 12.4. The van der Waals surface area contributed by atoms with Gasteiger partial charge in [-0.25, -0.2) is 0 Å². The molecule has 1 N–H and O–H groups in total. The number of aliphatic hydroxyl groups excluding tert-OH is 1. The smallest absolute Gasteiger partial charge is 0.268 e. The van der Waals surface area contributed by atoms with Crippen LogP contribution in [0, 0.1) is 6.92 Å². The first kappa shape index (κ1) is 11.9. The van der Waals surface area contributed by atoms with Crippen LogP contribution in [0.5, 0.6) is 0 Å². The summed E-state index contributed by atoms with van der Waals surface area (Å²) < 4.78 is 3.03. The fourth-order valence-electron chi connectivity index (χ4n) is 2.73. The number of hydrogen-bond acceptors (Lipinski definition) is 3. The SMILES string of the molecule is Cc1cccc2c(=O)n(C3CCC(O)CC3)sc12. The molecule has 0 bridgehead atoms. The van der Waals surface area contributed by atoms with Crippen LogP contribution in [-0.2, 0) is 0 Å². The van der Waals surface area contributed by atoms with E-state index in [2.05, 4.69) is 0 Å². The van der Waals surface area contributed by atoms with Crippen molar-refractivity contribution >= 4 is 21.6 Å². The van der Waals surface area contributed by atoms with Gasteiger partial charge in [-0.3, -0.25) is 8.75 Å². The first-order chi connectivity index (χ1) is 8.66. The van der Waals surface area contributed by atoms with Crippen LogP contribution in [0.1, 0.15) is 37.3 Å². The predicted molar refractivity (Wildman–Crippen MR) is 74.3 cm³/mol. The van der Waals surface area contributed by atoms with Crippen molar-refractivity contribution in [2.45, 2.75) is 44.8 Å². The molecule has 0 unspecified atom stereocenters. The molecule has 18 heavy (non-hydrogen) atoms. The fraction of sp³-hybridized carbons (Fsp3) is 0.500. The monoisotopic (exact) mass is 263 g/mol. The number of nitrogens with zero attached hydrogens (tertiary/aromatic N) is 1. The van der Waals surface area contributed by atoms with E-state index in [4.69, 9.17) is 0 Å². The minimum absolute atomic E-state index is 0.139. The minimum Gasteiger partial charge on any atom is -0.393 e. The van der Waals surface area contributed by atoms with Gasteiger partial charge in [-0.15, -0.1) is 0 Å². The second-order valence-corrected chi connectivity index (χ2v) is 6.12. The average Bonchev–Trinajstić information content (AvgIpc) is 2.70. The summed E-state index contributed by atoms with van der Waals surface area (Å²) in [6.45, 7) is 2.05. The van der Waals surface area contributed by atoms with Gasteiger partial charge in [0.1, 0.15) is 0 Å². The largest absolute Gasteiger partial charge is 0.393 e. The summed E-state index contributed by atoms with van der Waals surface area (Å²) in [5, 5.41) is 10.4. The van der Waals surface area contributed by atoms with Crippen molar-refractivity contribution in [1.29, 1.82) is 0 Å². The minimum atomic E-state index is -0.173. The zero-order valence-electron chi connectivity index (χ0n) is 10.4. The van der Waals surface area contributed by atoms with Crippen LogP contribution in [0.2, 0.25) is 0 Å². The maximum absolute atomic E-state index is 12.4. The zero-order chi connectivity index (χ0) is 12.7. The van der Waals surface area contributed by atoms with Gasteiger partial charge < -0.3 is 5.11 Å². The van der Waals surface area contributed by atoms with Crippen molar-refractivity contribution in [2.75, 3.05) is 0 Å². The van der Waals surface area contributed by atoms with Crippen molar-refractivity contribution in [3.05, 3.63) is 34.1 Å². The number of fused-ring (bicyclic) bond motifs is 1. The van der Waals surface area contributed by atoms with Crippen LogP contribution in [0.3, 0.4) is 0 Å². The summed E-state index contributed by atoms with van der Waals surface area (Å²) in [6.07, 6.45) is 3.27. The van der Waals surface area contributed by atoms with E-state index < -0.39 is 0 Å². The van der Waals surface area contributed by atoms with Gasteiger partial charge in [-0.05, 0) is 44.2 Å². The topological polar surface area (TPSA) is 42.2 Å². The third-order valence-corrected chi connectivity index (χ3v) is 5.22. The molecule has 96 valence electrons. The first-order valence-electron chi connectivity index (χ1n) is 6.46. The van der Waals surface area contributed by atoms with E-state index in [1.165, 1.54) is 5.56 Å². The van der Waals surface area contributed by atoms with Crippen molar-refractivity contribution in [1.82, 2.24) is 3.96 Å². The fourth-order valence-corrected chi connectivity index (χ4v) is 3.94. The molecule has 0 spiro atoms. The van der Waals surface area contributed by atoms with E-state index in [0.29, 0.717) is 0 Å². The first-order valence-corrected chi connectivity index (χ1v) is 7.23. The number of aryl methyl sites for hydroxylation is 1. The zero-order valence-corrected chi connectivity index (χ0v) is 11.2. The van der Waals surface area contributed by atoms with Crippen LogP contribution >= 0.6 is 11.5 Å². The van der Waals surface area contributed by atoms with Gasteiger partial charge in [0, 0.05) is 6.04 Å². The number of aliphatic hydroxyl groups is 1. The molecule has 1 aliphatic rings. The molecule has 0 amide bonds. The Morgan fingerprint density at radius 1 is 1.28 bits per heavy atom. The predicted octanol–water partition coefficient (Wildman–Crippen LogP) is 2.85. The van der Waals surface area contributed by atoms with E-state index in [1.54, 1.807) is 11.5 Å². The molecule has 1 fully saturated rings. The Bertz CT molecular complexity index is 620. The van der Waals surface area contributed by atoms with Gasteiger partial charge in [-0.1, -0.05) is 23.7 Å². The molecule has 1 heterocycles. The molecular weight excluding hydrogens is 246 g/mol. The van der Waals surface area contributed by atoms with Gasteiger partial charge in [-0.2, -0.15) is 0 Å². The Balaban J connectivity index is 2.05. The molecule has 4 heteroatoms. The van der Waals surface area contributed by atoms with E-state index in [-0.39, 0.29) is 17.7 Å². The number of benzene rings is 1. The van der Waals surface area contributed by atoms with Crippen LogP contribution in [-0.4, -0.2) is 15.2 Å². The van der Waals surface area contributed by atoms with Crippen molar-refractivity contribution in [3.8, 4) is 0 Å². The molecule has 2 aromatic rings. The molecule has 0 atom stereocenters. The van der Waals surface area contributed by atoms with Crippen molar-refractivity contribution in [2.24, 2.45) is 0 Å². The lowest BCUT2D eigenvalue weighted by Crippen LogP contribution is -2.25. The van der Waals surface area contributed by atoms with Crippen LogP contribution in [0.25, 0.3) is 10.1 Å². The van der Waals surface area contributed by atoms with Gasteiger partial charge in [0.2, 0.25) is 0 Å². The molecule has 1 aromatic carbocycles. The highest BCUT2D eigenvalue weighted by molar-refractivity contribution is 7.14. The highest BCUT2D eigenvalue weighted by Gasteiger charge is 2.23. The Morgan fingerprint density at radius 3 is 2.67 bits per heavy atom. The maximum Gasteiger partial charge on any atom is 0.268 e. The van der Waals surface area contributed by atoms with Crippen LogP contribution in [0.4, 0.5) is 0 Å². The van der Waals surface area contributed by atoms with Crippen LogP contribution < -0.4 is 5.56 Å². The number of rotatable bonds is 1. The average molecular weight is 263 g/mol. The third-order valence-electron chi connectivity index (χ3n) is 3.83. The molecule has 0 saturated heterocycles. The quantitative estimate of drug-likeness (QED) is 0.859. The van der Waals surface area contributed by atoms with E-state index in [1.807, 2.05) is 29.1 Å². The molecule has 1 aliphatic carbocycles. The van der Waals surface area contributed by atoms with Crippen molar-refractivity contribution in [3.63, 3.8) is 0 Å². The molecule has 0 radical (unpaired) electrons. The lowest BCUT2D eigenvalue weighted by molar-refractivity contribution is 0.112. The highest BCUT2D eigenvalue weighted by Crippen LogP contribution is 2.31. The summed E-state index contributed by atoms with van der Waals surface area (Å²) in [5.74, 6) is 0. The lowest BCUT2D eigenvalue weighted by atomic mass is 9.93. The third kappa shape index (κ3) is 1.89. The van der Waals surface area contributed by atoms with Crippen molar-refractivity contribution < 1.29 is 5.11 Å². The standard InChI is InChI=1S/C14H17NO2S/c1-9-3-2-4-12-13(9)18-15(14(12)17)10-5-7-11(16)8-6-10/h2-4,10-11,16H,5-8H2,1H3. The van der Waals surface area contributed by atoms with E-state index >= 15 is 0 Å². The molecular formula is C14H17NO2S. The Labute approximate surface area is 110 Å². The number of hydrogen-bond donors (Lipinski definition) is 1. The summed E-state index contributed by atoms with van der Waals surface area (Å²) in [6, 6.07) is 6.18. The molecule has 1 aromatic heterocycles. The number of aromatic nitrogens is 1. The van der Waals surface area contributed by atoms with Crippen LogP contribution in [0.15, 0.2) is 23.0 Å². The lowest BCUT2D eigenvalue weighted by Gasteiger charge is -2.25. The Kier molecular flexibility index (Phi) is 2.99. The summed E-state index contributed by atoms with van der Waals surface area (Å²) in [7, 11) is 0. The van der Waals surface area contributed by atoms with Gasteiger partial charge in [0.25, 0.3) is 5.56 Å². The summed E-state index contributed by atoms with van der Waals surface area (Å²) in [5.41, 5.74) is 1.31. The summed E-state index contributed by atoms with van der Waals surface area (Å²) >= 11 is 1.58. The van der Waals surface area contributed by atoms with Gasteiger partial charge in [0.05, 0.1) is 16.2 Å². The maximum atomic E-state index is 12.4. The van der Waals surface area contributed by atoms with Gasteiger partial charge >= 0.3 is 0 Å². The Morgan fingerprint density at radius 2 is 2.00 bits per heavy atom. The molecule has 1 saturated carbocycles. The normalized spacial score (nSPS) is 24.6. The van der Waals surface area contributed by atoms with E-state index in [0.717, 1.165) is 35.8 Å². The second kappa shape index (κ2) is 4.52. The second-order valence-electron chi connectivity index (χ2n) is 5.14. The molecule has 3 nitrogen and oxygen atoms in total.